The van der Waals surface area contributed by atoms with Crippen LogP contribution in [0.15, 0.2) is 18.2 Å². The topological polar surface area (TPSA) is 9.23 Å². The first kappa shape index (κ1) is 13.2. The number of alkyl halides is 4. The molecule has 1 nitrogen and oxygen atoms in total. The Hall–Kier alpha value is -0.850. The van der Waals surface area contributed by atoms with Crippen LogP contribution in [0.5, 0.6) is 5.75 Å². The Morgan fingerprint density at radius 2 is 1.88 bits per heavy atom. The molecule has 0 spiro atoms. The van der Waals surface area contributed by atoms with Crippen molar-refractivity contribution >= 4 is 15.9 Å². The molecular formula is C9H6BrF5O. The van der Waals surface area contributed by atoms with Gasteiger partial charge in [0.15, 0.2) is 11.6 Å². The second-order valence-corrected chi connectivity index (χ2v) is 4.00. The van der Waals surface area contributed by atoms with E-state index < -0.39 is 35.0 Å². The van der Waals surface area contributed by atoms with Gasteiger partial charge in [-0.1, -0.05) is 15.9 Å². The minimum atomic E-state index is -4.50. The maximum absolute atomic E-state index is 12.9. The van der Waals surface area contributed by atoms with Crippen LogP contribution in [0.1, 0.15) is 0 Å². The van der Waals surface area contributed by atoms with Gasteiger partial charge >= 0.3 is 6.18 Å². The van der Waals surface area contributed by atoms with Crippen molar-refractivity contribution < 1.29 is 26.7 Å². The Kier molecular flexibility index (Phi) is 4.12. The molecule has 1 unspecified atom stereocenters. The second-order valence-electron chi connectivity index (χ2n) is 2.89. The van der Waals surface area contributed by atoms with Gasteiger partial charge in [0.05, 0.1) is 0 Å². The highest BCUT2D eigenvalue weighted by atomic mass is 79.9. The zero-order valence-corrected chi connectivity index (χ0v) is 9.28. The number of hydrogen-bond acceptors (Lipinski definition) is 1. The van der Waals surface area contributed by atoms with Crippen LogP contribution in [0, 0.1) is 11.6 Å². The van der Waals surface area contributed by atoms with Gasteiger partial charge in [-0.25, -0.2) is 8.78 Å². The minimum absolute atomic E-state index is 0.548. The van der Waals surface area contributed by atoms with Crippen LogP contribution in [0.25, 0.3) is 0 Å². The van der Waals surface area contributed by atoms with Crippen molar-refractivity contribution in [1.29, 1.82) is 0 Å². The Morgan fingerprint density at radius 3 is 2.44 bits per heavy atom. The van der Waals surface area contributed by atoms with E-state index in [2.05, 4.69) is 20.7 Å². The molecule has 0 amide bonds. The molecule has 0 saturated heterocycles. The maximum Gasteiger partial charge on any atom is 0.404 e. The fourth-order valence-electron chi connectivity index (χ4n) is 0.845. The molecule has 0 bridgehead atoms. The van der Waals surface area contributed by atoms with Gasteiger partial charge in [0.2, 0.25) is 0 Å². The third-order valence-electron chi connectivity index (χ3n) is 1.63. The van der Waals surface area contributed by atoms with E-state index in [1.165, 1.54) is 0 Å². The fourth-order valence-corrected chi connectivity index (χ4v) is 0.977. The quantitative estimate of drug-likeness (QED) is 0.611. The van der Waals surface area contributed by atoms with E-state index in [1.807, 2.05) is 0 Å². The largest absolute Gasteiger partial charge is 0.489 e. The summed E-state index contributed by atoms with van der Waals surface area (Å²) in [4.78, 5) is -1.93. The summed E-state index contributed by atoms with van der Waals surface area (Å²) in [5.41, 5.74) is 0. The van der Waals surface area contributed by atoms with Crippen LogP contribution in [-0.4, -0.2) is 17.6 Å². The predicted molar refractivity (Wildman–Crippen MR) is 50.6 cm³/mol. The smallest absolute Gasteiger partial charge is 0.404 e. The number of ether oxygens (including phenoxy) is 1. The van der Waals surface area contributed by atoms with E-state index in [-0.39, 0.29) is 0 Å². The molecule has 0 aromatic heterocycles. The summed E-state index contributed by atoms with van der Waals surface area (Å²) in [6.45, 7) is -0.829. The highest BCUT2D eigenvalue weighted by Gasteiger charge is 2.38. The summed E-state index contributed by atoms with van der Waals surface area (Å²) in [7, 11) is 0. The number of rotatable bonds is 3. The first-order valence-electron chi connectivity index (χ1n) is 4.09. The molecule has 1 aromatic carbocycles. The van der Waals surface area contributed by atoms with Crippen molar-refractivity contribution in [2.24, 2.45) is 0 Å². The lowest BCUT2D eigenvalue weighted by Gasteiger charge is -2.15. The highest BCUT2D eigenvalue weighted by molar-refractivity contribution is 9.09. The zero-order chi connectivity index (χ0) is 12.3. The van der Waals surface area contributed by atoms with Gasteiger partial charge in [-0.2, -0.15) is 13.2 Å². The predicted octanol–water partition coefficient (Wildman–Crippen LogP) is 3.67. The van der Waals surface area contributed by atoms with Gasteiger partial charge in [0, 0.05) is 6.07 Å². The van der Waals surface area contributed by atoms with Crippen LogP contribution in [-0.2, 0) is 0 Å². The number of benzene rings is 1. The van der Waals surface area contributed by atoms with Gasteiger partial charge in [-0.05, 0) is 12.1 Å². The zero-order valence-electron chi connectivity index (χ0n) is 7.69. The molecule has 0 aliphatic heterocycles. The summed E-state index contributed by atoms with van der Waals surface area (Å²) < 4.78 is 66.2. The number of halogens is 6. The average Bonchev–Trinajstić information content (AvgIpc) is 2.17. The molecule has 0 aliphatic rings. The Labute approximate surface area is 96.3 Å². The molecule has 0 fully saturated rings. The van der Waals surface area contributed by atoms with Crippen LogP contribution < -0.4 is 4.74 Å². The van der Waals surface area contributed by atoms with Gasteiger partial charge in [-0.3, -0.25) is 0 Å². The normalized spacial score (nSPS) is 13.6. The highest BCUT2D eigenvalue weighted by Crippen LogP contribution is 2.27. The van der Waals surface area contributed by atoms with Crippen molar-refractivity contribution in [3.63, 3.8) is 0 Å². The molecule has 0 radical (unpaired) electrons. The minimum Gasteiger partial charge on any atom is -0.489 e. The van der Waals surface area contributed by atoms with Gasteiger partial charge in [-0.15, -0.1) is 0 Å². The van der Waals surface area contributed by atoms with Crippen LogP contribution >= 0.6 is 15.9 Å². The molecule has 7 heteroatoms. The molecule has 90 valence electrons. The van der Waals surface area contributed by atoms with E-state index in [9.17, 15) is 22.0 Å². The fraction of sp³-hybridized carbons (Fsp3) is 0.333. The first-order chi connectivity index (χ1) is 7.30. The van der Waals surface area contributed by atoms with Crippen molar-refractivity contribution in [2.45, 2.75) is 11.0 Å². The Balaban J connectivity index is 2.64. The standard InChI is InChI=1S/C9H6BrF5O/c10-8(9(13,14)15)4-16-7-3-5(11)1-2-6(7)12/h1-3,8H,4H2. The Morgan fingerprint density at radius 1 is 1.25 bits per heavy atom. The molecule has 16 heavy (non-hydrogen) atoms. The van der Waals surface area contributed by atoms with E-state index in [0.717, 1.165) is 12.1 Å². The molecular weight excluding hydrogens is 299 g/mol. The molecule has 0 aliphatic carbocycles. The summed E-state index contributed by atoms with van der Waals surface area (Å²) >= 11 is 2.33. The summed E-state index contributed by atoms with van der Waals surface area (Å²) in [5.74, 6) is -2.24. The maximum atomic E-state index is 12.9. The molecule has 1 atom stereocenters. The van der Waals surface area contributed by atoms with Crippen molar-refractivity contribution in [2.75, 3.05) is 6.61 Å². The van der Waals surface area contributed by atoms with Gasteiger partial charge in [0.1, 0.15) is 17.3 Å². The first-order valence-corrected chi connectivity index (χ1v) is 5.01. The van der Waals surface area contributed by atoms with Gasteiger partial charge < -0.3 is 4.74 Å². The molecule has 0 saturated carbocycles. The SMILES string of the molecule is Fc1ccc(F)c(OCC(Br)C(F)(F)F)c1. The summed E-state index contributed by atoms with van der Waals surface area (Å²) in [5, 5.41) is 0. The molecule has 0 N–H and O–H groups in total. The van der Waals surface area contributed by atoms with Crippen LogP contribution in [0.2, 0.25) is 0 Å². The van der Waals surface area contributed by atoms with Gasteiger partial charge in [0.25, 0.3) is 0 Å². The van der Waals surface area contributed by atoms with Crippen molar-refractivity contribution in [1.82, 2.24) is 0 Å². The van der Waals surface area contributed by atoms with E-state index in [4.69, 9.17) is 0 Å². The van der Waals surface area contributed by atoms with Crippen molar-refractivity contribution in [3.05, 3.63) is 29.8 Å². The number of hydrogen-bond donors (Lipinski definition) is 0. The summed E-state index contributed by atoms with van der Waals surface area (Å²) in [6, 6.07) is 2.31. The lowest BCUT2D eigenvalue weighted by Crippen LogP contribution is -2.29. The second kappa shape index (κ2) is 4.99. The summed E-state index contributed by atoms with van der Waals surface area (Å²) in [6.07, 6.45) is -4.50. The van der Waals surface area contributed by atoms with Crippen LogP contribution in [0.3, 0.4) is 0 Å². The van der Waals surface area contributed by atoms with Crippen molar-refractivity contribution in [3.8, 4) is 5.75 Å². The third-order valence-corrected chi connectivity index (χ3v) is 2.42. The lowest BCUT2D eigenvalue weighted by atomic mass is 10.3. The van der Waals surface area contributed by atoms with E-state index >= 15 is 0 Å². The molecule has 1 rings (SSSR count). The average molecular weight is 305 g/mol. The molecule has 0 heterocycles. The van der Waals surface area contributed by atoms with E-state index in [1.54, 1.807) is 0 Å². The molecule has 1 aromatic rings. The monoisotopic (exact) mass is 304 g/mol. The third kappa shape index (κ3) is 3.62. The van der Waals surface area contributed by atoms with E-state index in [0.29, 0.717) is 6.07 Å². The lowest BCUT2D eigenvalue weighted by molar-refractivity contribution is -0.132. The Bertz CT molecular complexity index is 365. The van der Waals surface area contributed by atoms with Crippen LogP contribution in [0.4, 0.5) is 22.0 Å².